The zero-order chi connectivity index (χ0) is 15.6. The fourth-order valence-corrected chi connectivity index (χ4v) is 2.35. The standard InChI is InChI=1S/C15H21N5O/c1-9-7-12(18-16)5-6-13(9)15(21)17-8-14-10(2)19-20(4)11(14)3/h5-7,18H,8,16H2,1-4H3,(H,17,21). The van der Waals surface area contributed by atoms with Gasteiger partial charge in [0.25, 0.3) is 5.91 Å². The number of nitrogens with one attached hydrogen (secondary N) is 2. The van der Waals surface area contributed by atoms with Crippen molar-refractivity contribution in [3.63, 3.8) is 0 Å². The Balaban J connectivity index is 2.12. The minimum atomic E-state index is -0.0984. The Hall–Kier alpha value is -2.34. The highest BCUT2D eigenvalue weighted by molar-refractivity contribution is 5.96. The molecule has 0 radical (unpaired) electrons. The van der Waals surface area contributed by atoms with E-state index in [1.54, 1.807) is 12.1 Å². The van der Waals surface area contributed by atoms with E-state index < -0.39 is 0 Å². The van der Waals surface area contributed by atoms with Crippen LogP contribution in [-0.2, 0) is 13.6 Å². The van der Waals surface area contributed by atoms with E-state index in [-0.39, 0.29) is 5.91 Å². The van der Waals surface area contributed by atoms with Crippen LogP contribution in [0.15, 0.2) is 18.2 Å². The molecule has 1 amide bonds. The van der Waals surface area contributed by atoms with Crippen LogP contribution in [0.2, 0.25) is 0 Å². The fourth-order valence-electron chi connectivity index (χ4n) is 2.35. The number of hydrogen-bond donors (Lipinski definition) is 3. The van der Waals surface area contributed by atoms with Gasteiger partial charge in [-0.3, -0.25) is 15.3 Å². The van der Waals surface area contributed by atoms with Gasteiger partial charge in [-0.15, -0.1) is 0 Å². The van der Waals surface area contributed by atoms with Crippen molar-refractivity contribution in [3.8, 4) is 0 Å². The van der Waals surface area contributed by atoms with Crippen molar-refractivity contribution in [2.24, 2.45) is 12.9 Å². The van der Waals surface area contributed by atoms with Crippen LogP contribution in [0.5, 0.6) is 0 Å². The van der Waals surface area contributed by atoms with Crippen LogP contribution in [0.1, 0.15) is 32.9 Å². The van der Waals surface area contributed by atoms with E-state index in [9.17, 15) is 4.79 Å². The average Bonchev–Trinajstić information content (AvgIpc) is 2.69. The van der Waals surface area contributed by atoms with E-state index in [1.807, 2.05) is 38.6 Å². The number of aryl methyl sites for hydroxylation is 3. The third-order valence-electron chi connectivity index (χ3n) is 3.72. The predicted molar refractivity (Wildman–Crippen MR) is 82.8 cm³/mol. The lowest BCUT2D eigenvalue weighted by Gasteiger charge is -2.09. The molecule has 0 saturated heterocycles. The summed E-state index contributed by atoms with van der Waals surface area (Å²) >= 11 is 0. The van der Waals surface area contributed by atoms with E-state index in [0.717, 1.165) is 28.2 Å². The number of carbonyl (C=O) groups excluding carboxylic acids is 1. The molecule has 0 bridgehead atoms. The first-order chi connectivity index (χ1) is 9.93. The van der Waals surface area contributed by atoms with Crippen molar-refractivity contribution < 1.29 is 4.79 Å². The van der Waals surface area contributed by atoms with Crippen LogP contribution in [0, 0.1) is 20.8 Å². The summed E-state index contributed by atoms with van der Waals surface area (Å²) in [4.78, 5) is 12.3. The SMILES string of the molecule is Cc1cc(NN)ccc1C(=O)NCc1c(C)nn(C)c1C. The molecule has 0 unspecified atom stereocenters. The number of nitrogen functional groups attached to an aromatic ring is 1. The lowest BCUT2D eigenvalue weighted by atomic mass is 10.1. The molecule has 0 spiro atoms. The molecule has 0 atom stereocenters. The molecule has 6 heteroatoms. The van der Waals surface area contributed by atoms with Crippen LogP contribution in [-0.4, -0.2) is 15.7 Å². The average molecular weight is 287 g/mol. The normalized spacial score (nSPS) is 10.5. The number of benzene rings is 1. The molecular weight excluding hydrogens is 266 g/mol. The van der Waals surface area contributed by atoms with E-state index in [1.165, 1.54) is 0 Å². The molecule has 0 aliphatic rings. The highest BCUT2D eigenvalue weighted by atomic mass is 16.1. The van der Waals surface area contributed by atoms with E-state index in [4.69, 9.17) is 5.84 Å². The molecular formula is C15H21N5O. The molecule has 0 fully saturated rings. The Labute approximate surface area is 124 Å². The summed E-state index contributed by atoms with van der Waals surface area (Å²) in [5.41, 5.74) is 7.93. The number of anilines is 1. The summed E-state index contributed by atoms with van der Waals surface area (Å²) in [6.07, 6.45) is 0. The van der Waals surface area contributed by atoms with Gasteiger partial charge in [0.15, 0.2) is 0 Å². The van der Waals surface area contributed by atoms with Crippen LogP contribution < -0.4 is 16.6 Å². The quantitative estimate of drug-likeness (QED) is 0.588. The molecule has 0 aliphatic carbocycles. The van der Waals surface area contributed by atoms with Gasteiger partial charge < -0.3 is 10.7 Å². The Bertz CT molecular complexity index is 675. The Morgan fingerprint density at radius 1 is 1.33 bits per heavy atom. The van der Waals surface area contributed by atoms with Crippen molar-refractivity contribution in [1.82, 2.24) is 15.1 Å². The number of nitrogens with two attached hydrogens (primary N) is 1. The molecule has 2 rings (SSSR count). The van der Waals surface area contributed by atoms with Gasteiger partial charge in [0.1, 0.15) is 0 Å². The maximum atomic E-state index is 12.3. The first-order valence-electron chi connectivity index (χ1n) is 6.78. The van der Waals surface area contributed by atoms with Gasteiger partial charge in [-0.1, -0.05) is 0 Å². The van der Waals surface area contributed by atoms with Crippen molar-refractivity contribution in [3.05, 3.63) is 46.3 Å². The third-order valence-corrected chi connectivity index (χ3v) is 3.72. The number of hydrazine groups is 1. The highest BCUT2D eigenvalue weighted by Gasteiger charge is 2.13. The summed E-state index contributed by atoms with van der Waals surface area (Å²) in [6, 6.07) is 5.39. The van der Waals surface area contributed by atoms with Crippen molar-refractivity contribution in [2.45, 2.75) is 27.3 Å². The molecule has 1 heterocycles. The molecule has 4 N–H and O–H groups in total. The first kappa shape index (κ1) is 15.1. The molecule has 0 aliphatic heterocycles. The van der Waals surface area contributed by atoms with E-state index in [2.05, 4.69) is 15.8 Å². The summed E-state index contributed by atoms with van der Waals surface area (Å²) in [5, 5.41) is 7.29. The third kappa shape index (κ3) is 3.05. The number of carbonyl (C=O) groups is 1. The second kappa shape index (κ2) is 5.97. The van der Waals surface area contributed by atoms with E-state index >= 15 is 0 Å². The van der Waals surface area contributed by atoms with Gasteiger partial charge in [-0.05, 0) is 44.5 Å². The predicted octanol–water partition coefficient (Wildman–Crippen LogP) is 1.56. The number of amides is 1. The van der Waals surface area contributed by atoms with Gasteiger partial charge in [-0.25, -0.2) is 0 Å². The minimum Gasteiger partial charge on any atom is -0.348 e. The second-order valence-electron chi connectivity index (χ2n) is 5.13. The van der Waals surface area contributed by atoms with Crippen molar-refractivity contribution in [2.75, 3.05) is 5.43 Å². The van der Waals surface area contributed by atoms with Crippen LogP contribution in [0.25, 0.3) is 0 Å². The van der Waals surface area contributed by atoms with Gasteiger partial charge >= 0.3 is 0 Å². The summed E-state index contributed by atoms with van der Waals surface area (Å²) < 4.78 is 1.82. The number of aromatic nitrogens is 2. The molecule has 2 aromatic rings. The fraction of sp³-hybridized carbons (Fsp3) is 0.333. The van der Waals surface area contributed by atoms with Crippen molar-refractivity contribution in [1.29, 1.82) is 0 Å². The molecule has 21 heavy (non-hydrogen) atoms. The Morgan fingerprint density at radius 3 is 2.57 bits per heavy atom. The summed E-state index contributed by atoms with van der Waals surface area (Å²) in [6.45, 7) is 6.30. The van der Waals surface area contributed by atoms with Gasteiger partial charge in [0.2, 0.25) is 0 Å². The monoisotopic (exact) mass is 287 g/mol. The smallest absolute Gasteiger partial charge is 0.251 e. The maximum absolute atomic E-state index is 12.3. The highest BCUT2D eigenvalue weighted by Crippen LogP contribution is 2.15. The van der Waals surface area contributed by atoms with E-state index in [0.29, 0.717) is 12.1 Å². The molecule has 6 nitrogen and oxygen atoms in total. The summed E-state index contributed by atoms with van der Waals surface area (Å²) in [5.74, 6) is 5.26. The van der Waals surface area contributed by atoms with Crippen LogP contribution in [0.4, 0.5) is 5.69 Å². The topological polar surface area (TPSA) is 85.0 Å². The number of nitrogens with zero attached hydrogens (tertiary/aromatic N) is 2. The van der Waals surface area contributed by atoms with Crippen LogP contribution in [0.3, 0.4) is 0 Å². The zero-order valence-electron chi connectivity index (χ0n) is 12.8. The maximum Gasteiger partial charge on any atom is 0.251 e. The second-order valence-corrected chi connectivity index (χ2v) is 5.13. The first-order valence-corrected chi connectivity index (χ1v) is 6.78. The molecule has 1 aromatic carbocycles. The number of hydrogen-bond acceptors (Lipinski definition) is 4. The molecule has 112 valence electrons. The number of rotatable bonds is 4. The Morgan fingerprint density at radius 2 is 2.05 bits per heavy atom. The summed E-state index contributed by atoms with van der Waals surface area (Å²) in [7, 11) is 1.90. The van der Waals surface area contributed by atoms with Crippen molar-refractivity contribution >= 4 is 11.6 Å². The minimum absolute atomic E-state index is 0.0984. The molecule has 0 saturated carbocycles. The molecule has 1 aromatic heterocycles. The van der Waals surface area contributed by atoms with Crippen LogP contribution >= 0.6 is 0 Å². The lowest BCUT2D eigenvalue weighted by molar-refractivity contribution is 0.0950. The largest absolute Gasteiger partial charge is 0.348 e. The van der Waals surface area contributed by atoms with Gasteiger partial charge in [0.05, 0.1) is 5.69 Å². The lowest BCUT2D eigenvalue weighted by Crippen LogP contribution is -2.24. The zero-order valence-corrected chi connectivity index (χ0v) is 12.8. The Kier molecular flexibility index (Phi) is 4.28. The van der Waals surface area contributed by atoms with Gasteiger partial charge in [0, 0.05) is 36.1 Å². The van der Waals surface area contributed by atoms with Gasteiger partial charge in [-0.2, -0.15) is 5.10 Å².